The summed E-state index contributed by atoms with van der Waals surface area (Å²) in [6.45, 7) is 2.46. The highest BCUT2D eigenvalue weighted by Gasteiger charge is 2.11. The van der Waals surface area contributed by atoms with E-state index >= 15 is 0 Å². The van der Waals surface area contributed by atoms with Crippen molar-refractivity contribution in [2.24, 2.45) is 0 Å². The van der Waals surface area contributed by atoms with Crippen molar-refractivity contribution in [3.8, 4) is 11.5 Å². The van der Waals surface area contributed by atoms with Gasteiger partial charge in [-0.15, -0.1) is 0 Å². The molecule has 0 spiro atoms. The van der Waals surface area contributed by atoms with E-state index in [0.717, 1.165) is 23.5 Å². The Balaban J connectivity index is 2.25. The van der Waals surface area contributed by atoms with Crippen molar-refractivity contribution in [2.75, 3.05) is 6.79 Å². The van der Waals surface area contributed by atoms with Gasteiger partial charge in [-0.3, -0.25) is 0 Å². The summed E-state index contributed by atoms with van der Waals surface area (Å²) in [5.41, 5.74) is 1.16. The fourth-order valence-corrected chi connectivity index (χ4v) is 1.27. The molecule has 0 saturated heterocycles. The molecule has 1 aromatic rings. The second kappa shape index (κ2) is 3.52. The molecule has 0 radical (unpaired) electrons. The van der Waals surface area contributed by atoms with Gasteiger partial charge in [0.15, 0.2) is 11.5 Å². The van der Waals surface area contributed by atoms with Crippen LogP contribution in [-0.4, -0.2) is 6.79 Å². The Hall–Kier alpha value is -1.44. The quantitative estimate of drug-likeness (QED) is 0.689. The second-order valence-corrected chi connectivity index (χ2v) is 2.92. The molecule has 2 heteroatoms. The van der Waals surface area contributed by atoms with Crippen molar-refractivity contribution in [3.05, 3.63) is 29.8 Å². The van der Waals surface area contributed by atoms with E-state index in [9.17, 15) is 0 Å². The lowest BCUT2D eigenvalue weighted by molar-refractivity contribution is 0.174. The van der Waals surface area contributed by atoms with Crippen LogP contribution in [0.25, 0.3) is 6.08 Å². The van der Waals surface area contributed by atoms with E-state index in [-0.39, 0.29) is 0 Å². The lowest BCUT2D eigenvalue weighted by atomic mass is 10.2. The number of hydrogen-bond donors (Lipinski definition) is 0. The summed E-state index contributed by atoms with van der Waals surface area (Å²) >= 11 is 0. The van der Waals surface area contributed by atoms with E-state index in [1.54, 1.807) is 0 Å². The third-order valence-electron chi connectivity index (χ3n) is 1.94. The Morgan fingerprint density at radius 3 is 3.00 bits per heavy atom. The predicted molar refractivity (Wildman–Crippen MR) is 51.9 cm³/mol. The number of benzene rings is 1. The molecule has 2 rings (SSSR count). The monoisotopic (exact) mass is 176 g/mol. The summed E-state index contributed by atoms with van der Waals surface area (Å²) in [7, 11) is 0. The predicted octanol–water partition coefficient (Wildman–Crippen LogP) is 2.84. The molecule has 1 heterocycles. The lowest BCUT2D eigenvalue weighted by Crippen LogP contribution is -1.92. The molecule has 0 aromatic heterocycles. The minimum Gasteiger partial charge on any atom is -0.454 e. The van der Waals surface area contributed by atoms with Crippen LogP contribution in [0.2, 0.25) is 0 Å². The number of ether oxygens (including phenoxy) is 2. The average molecular weight is 176 g/mol. The van der Waals surface area contributed by atoms with Gasteiger partial charge in [0.25, 0.3) is 0 Å². The van der Waals surface area contributed by atoms with Gasteiger partial charge in [-0.1, -0.05) is 25.1 Å². The maximum atomic E-state index is 5.26. The van der Waals surface area contributed by atoms with Gasteiger partial charge in [0.2, 0.25) is 6.79 Å². The van der Waals surface area contributed by atoms with E-state index in [4.69, 9.17) is 9.47 Å². The van der Waals surface area contributed by atoms with E-state index in [0.29, 0.717) is 6.79 Å². The van der Waals surface area contributed by atoms with Gasteiger partial charge >= 0.3 is 0 Å². The number of fused-ring (bicyclic) bond motifs is 1. The SMILES string of the molecule is CCC=Cc1ccc2c(c1)OCO2. The molecular weight excluding hydrogens is 164 g/mol. The Labute approximate surface area is 77.8 Å². The molecule has 1 aliphatic heterocycles. The van der Waals surface area contributed by atoms with Crippen LogP contribution in [0, 0.1) is 0 Å². The molecule has 1 aliphatic rings. The Kier molecular flexibility index (Phi) is 2.21. The molecule has 0 atom stereocenters. The number of rotatable bonds is 2. The normalized spacial score (nSPS) is 13.9. The van der Waals surface area contributed by atoms with Crippen LogP contribution in [0.4, 0.5) is 0 Å². The highest BCUT2D eigenvalue weighted by atomic mass is 16.7. The van der Waals surface area contributed by atoms with Gasteiger partial charge < -0.3 is 9.47 Å². The fourth-order valence-electron chi connectivity index (χ4n) is 1.27. The maximum absolute atomic E-state index is 5.26. The molecule has 13 heavy (non-hydrogen) atoms. The molecule has 68 valence electrons. The lowest BCUT2D eigenvalue weighted by Gasteiger charge is -1.96. The van der Waals surface area contributed by atoms with Crippen LogP contribution in [0.5, 0.6) is 11.5 Å². The highest BCUT2D eigenvalue weighted by molar-refractivity contribution is 5.56. The molecule has 0 saturated carbocycles. The average Bonchev–Trinajstić information content (AvgIpc) is 2.61. The van der Waals surface area contributed by atoms with Crippen LogP contribution in [-0.2, 0) is 0 Å². The smallest absolute Gasteiger partial charge is 0.231 e. The van der Waals surface area contributed by atoms with Crippen molar-refractivity contribution >= 4 is 6.08 Å². The van der Waals surface area contributed by atoms with Crippen molar-refractivity contribution < 1.29 is 9.47 Å². The van der Waals surface area contributed by atoms with Crippen LogP contribution in [0.15, 0.2) is 24.3 Å². The van der Waals surface area contributed by atoms with Gasteiger partial charge in [0, 0.05) is 0 Å². The van der Waals surface area contributed by atoms with Gasteiger partial charge in [-0.25, -0.2) is 0 Å². The van der Waals surface area contributed by atoms with E-state index in [2.05, 4.69) is 19.1 Å². The summed E-state index contributed by atoms with van der Waals surface area (Å²) in [5.74, 6) is 1.69. The third-order valence-corrected chi connectivity index (χ3v) is 1.94. The van der Waals surface area contributed by atoms with Crippen LogP contribution < -0.4 is 9.47 Å². The van der Waals surface area contributed by atoms with Crippen LogP contribution in [0.1, 0.15) is 18.9 Å². The molecule has 0 bridgehead atoms. The zero-order valence-electron chi connectivity index (χ0n) is 7.62. The standard InChI is InChI=1S/C11H12O2/c1-2-3-4-9-5-6-10-11(7-9)13-8-12-10/h3-7H,2,8H2,1H3. The third kappa shape index (κ3) is 1.66. The molecule has 0 fully saturated rings. The first-order valence-electron chi connectivity index (χ1n) is 4.46. The zero-order valence-corrected chi connectivity index (χ0v) is 7.62. The van der Waals surface area contributed by atoms with Gasteiger partial charge in [0.05, 0.1) is 0 Å². The first-order chi connectivity index (χ1) is 6.40. The summed E-state index contributed by atoms with van der Waals surface area (Å²) in [4.78, 5) is 0. The summed E-state index contributed by atoms with van der Waals surface area (Å²) in [6.07, 6.45) is 5.26. The zero-order chi connectivity index (χ0) is 9.10. The van der Waals surface area contributed by atoms with Gasteiger partial charge in [0.1, 0.15) is 0 Å². The second-order valence-electron chi connectivity index (χ2n) is 2.92. The Morgan fingerprint density at radius 2 is 2.15 bits per heavy atom. The van der Waals surface area contributed by atoms with E-state index < -0.39 is 0 Å². The number of allylic oxidation sites excluding steroid dienone is 1. The molecular formula is C11H12O2. The molecule has 0 amide bonds. The Morgan fingerprint density at radius 1 is 1.31 bits per heavy atom. The van der Waals surface area contributed by atoms with E-state index in [1.807, 2.05) is 18.2 Å². The summed E-state index contributed by atoms with van der Waals surface area (Å²) in [5, 5.41) is 0. The number of hydrogen-bond acceptors (Lipinski definition) is 2. The minimum absolute atomic E-state index is 0.344. The van der Waals surface area contributed by atoms with Crippen molar-refractivity contribution in [1.29, 1.82) is 0 Å². The van der Waals surface area contributed by atoms with Crippen LogP contribution >= 0.6 is 0 Å². The fraction of sp³-hybridized carbons (Fsp3) is 0.273. The van der Waals surface area contributed by atoms with Gasteiger partial charge in [-0.05, 0) is 24.1 Å². The van der Waals surface area contributed by atoms with Gasteiger partial charge in [-0.2, -0.15) is 0 Å². The minimum atomic E-state index is 0.344. The molecule has 2 nitrogen and oxygen atoms in total. The molecule has 1 aromatic carbocycles. The topological polar surface area (TPSA) is 18.5 Å². The van der Waals surface area contributed by atoms with Crippen molar-refractivity contribution in [2.45, 2.75) is 13.3 Å². The molecule has 0 unspecified atom stereocenters. The van der Waals surface area contributed by atoms with Crippen molar-refractivity contribution in [1.82, 2.24) is 0 Å². The summed E-state index contributed by atoms with van der Waals surface area (Å²) in [6, 6.07) is 5.96. The van der Waals surface area contributed by atoms with E-state index in [1.165, 1.54) is 0 Å². The maximum Gasteiger partial charge on any atom is 0.231 e. The highest BCUT2D eigenvalue weighted by Crippen LogP contribution is 2.32. The van der Waals surface area contributed by atoms with Crippen molar-refractivity contribution in [3.63, 3.8) is 0 Å². The first kappa shape index (κ1) is 8.17. The Bertz CT molecular complexity index is 329. The largest absolute Gasteiger partial charge is 0.454 e. The first-order valence-corrected chi connectivity index (χ1v) is 4.46. The molecule has 0 aliphatic carbocycles. The van der Waals surface area contributed by atoms with Crippen LogP contribution in [0.3, 0.4) is 0 Å². The molecule has 0 N–H and O–H groups in total. The summed E-state index contributed by atoms with van der Waals surface area (Å²) < 4.78 is 10.5.